The molecule has 1 aliphatic rings. The number of rotatable bonds is 5. The monoisotopic (exact) mass is 254 g/mol. The minimum Gasteiger partial charge on any atom is -0.493 e. The van der Waals surface area contributed by atoms with E-state index in [1.54, 1.807) is 0 Å². The normalized spacial score (nSPS) is 13.1. The van der Waals surface area contributed by atoms with E-state index < -0.39 is 0 Å². The third-order valence-corrected chi connectivity index (χ3v) is 3.38. The summed E-state index contributed by atoms with van der Waals surface area (Å²) in [4.78, 5) is 4.29. The average Bonchev–Trinajstić information content (AvgIpc) is 2.92. The summed E-state index contributed by atoms with van der Waals surface area (Å²) in [6, 6.07) is 12.5. The van der Waals surface area contributed by atoms with Crippen LogP contribution in [-0.2, 0) is 19.4 Å². The van der Waals surface area contributed by atoms with Crippen molar-refractivity contribution in [3.63, 3.8) is 0 Å². The maximum atomic E-state index is 5.51. The minimum atomic E-state index is 0.828. The molecule has 0 saturated carbocycles. The molecule has 0 spiro atoms. The van der Waals surface area contributed by atoms with Crippen LogP contribution >= 0.6 is 0 Å². The van der Waals surface area contributed by atoms with Gasteiger partial charge in [-0.05, 0) is 42.3 Å². The summed E-state index contributed by atoms with van der Waals surface area (Å²) in [5, 5.41) is 3.42. The van der Waals surface area contributed by atoms with Crippen LogP contribution in [0.25, 0.3) is 0 Å². The number of fused-ring (bicyclic) bond motifs is 1. The molecule has 1 N–H and O–H groups in total. The molecule has 1 aromatic heterocycles. The van der Waals surface area contributed by atoms with Crippen molar-refractivity contribution in [1.82, 2.24) is 10.3 Å². The van der Waals surface area contributed by atoms with Gasteiger partial charge in [-0.2, -0.15) is 0 Å². The Morgan fingerprint density at radius 2 is 2.21 bits per heavy atom. The average molecular weight is 254 g/mol. The van der Waals surface area contributed by atoms with Crippen LogP contribution in [0.15, 0.2) is 42.6 Å². The lowest BCUT2D eigenvalue weighted by molar-refractivity contribution is 0.357. The summed E-state index contributed by atoms with van der Waals surface area (Å²) in [6.07, 6.45) is 3.92. The molecule has 0 fully saturated rings. The predicted octanol–water partition coefficient (Wildman–Crippen LogP) is 2.35. The lowest BCUT2D eigenvalue weighted by Gasteiger charge is -2.06. The molecule has 0 radical (unpaired) electrons. The first-order valence-corrected chi connectivity index (χ1v) is 6.77. The molecule has 0 atom stereocenters. The fourth-order valence-corrected chi connectivity index (χ4v) is 2.35. The summed E-state index contributed by atoms with van der Waals surface area (Å²) < 4.78 is 5.51. The lowest BCUT2D eigenvalue weighted by Crippen LogP contribution is -2.17. The maximum absolute atomic E-state index is 5.51. The van der Waals surface area contributed by atoms with Crippen LogP contribution in [0.4, 0.5) is 0 Å². The number of nitrogens with zero attached hydrogens (tertiary/aromatic N) is 1. The van der Waals surface area contributed by atoms with Crippen LogP contribution in [0.5, 0.6) is 5.75 Å². The Balaban J connectivity index is 1.48. The van der Waals surface area contributed by atoms with Crippen molar-refractivity contribution >= 4 is 0 Å². The van der Waals surface area contributed by atoms with Gasteiger partial charge in [0.15, 0.2) is 0 Å². The summed E-state index contributed by atoms with van der Waals surface area (Å²) in [7, 11) is 0. The molecule has 0 amide bonds. The molecular weight excluding hydrogens is 236 g/mol. The van der Waals surface area contributed by atoms with Gasteiger partial charge in [0.2, 0.25) is 0 Å². The highest BCUT2D eigenvalue weighted by molar-refractivity contribution is 5.39. The van der Waals surface area contributed by atoms with E-state index in [2.05, 4.69) is 28.5 Å². The van der Waals surface area contributed by atoms with Gasteiger partial charge in [0, 0.05) is 19.2 Å². The van der Waals surface area contributed by atoms with Crippen molar-refractivity contribution in [2.45, 2.75) is 19.4 Å². The van der Waals surface area contributed by atoms with Gasteiger partial charge in [-0.25, -0.2) is 0 Å². The highest BCUT2D eigenvalue weighted by Crippen LogP contribution is 2.25. The molecule has 1 aliphatic heterocycles. The van der Waals surface area contributed by atoms with Gasteiger partial charge < -0.3 is 10.1 Å². The first-order chi connectivity index (χ1) is 9.42. The van der Waals surface area contributed by atoms with Crippen LogP contribution in [-0.4, -0.2) is 18.1 Å². The van der Waals surface area contributed by atoms with Gasteiger partial charge in [-0.1, -0.05) is 18.2 Å². The highest BCUT2D eigenvalue weighted by Gasteiger charge is 2.11. The minimum absolute atomic E-state index is 0.828. The van der Waals surface area contributed by atoms with Crippen molar-refractivity contribution in [1.29, 1.82) is 0 Å². The standard InChI is InChI=1S/C16H18N2O/c1-2-8-18-15(3-1)12-17-9-6-13-4-5-16-14(11-13)7-10-19-16/h1-5,8,11,17H,6-7,9-10,12H2. The highest BCUT2D eigenvalue weighted by atomic mass is 16.5. The second-order valence-corrected chi connectivity index (χ2v) is 4.79. The second kappa shape index (κ2) is 5.85. The third-order valence-electron chi connectivity index (χ3n) is 3.38. The zero-order valence-electron chi connectivity index (χ0n) is 10.9. The molecule has 3 rings (SSSR count). The third kappa shape index (κ3) is 3.12. The van der Waals surface area contributed by atoms with Crippen molar-refractivity contribution in [2.24, 2.45) is 0 Å². The first-order valence-electron chi connectivity index (χ1n) is 6.77. The summed E-state index contributed by atoms with van der Waals surface area (Å²) >= 11 is 0. The van der Waals surface area contributed by atoms with E-state index in [9.17, 15) is 0 Å². The summed E-state index contributed by atoms with van der Waals surface area (Å²) in [6.45, 7) is 2.63. The van der Waals surface area contributed by atoms with E-state index in [4.69, 9.17) is 4.74 Å². The molecule has 0 bridgehead atoms. The number of benzene rings is 1. The number of hydrogen-bond donors (Lipinski definition) is 1. The molecule has 2 aromatic rings. The Hall–Kier alpha value is -1.87. The fourth-order valence-electron chi connectivity index (χ4n) is 2.35. The number of ether oxygens (including phenoxy) is 1. The Morgan fingerprint density at radius 3 is 3.11 bits per heavy atom. The molecule has 2 heterocycles. The number of nitrogens with one attached hydrogen (secondary N) is 1. The summed E-state index contributed by atoms with van der Waals surface area (Å²) in [5.74, 6) is 1.06. The number of hydrogen-bond acceptors (Lipinski definition) is 3. The van der Waals surface area contributed by atoms with E-state index >= 15 is 0 Å². The lowest BCUT2D eigenvalue weighted by atomic mass is 10.1. The van der Waals surface area contributed by atoms with E-state index in [-0.39, 0.29) is 0 Å². The van der Waals surface area contributed by atoms with Gasteiger partial charge >= 0.3 is 0 Å². The molecule has 1 aromatic carbocycles. The number of aromatic nitrogens is 1. The van der Waals surface area contributed by atoms with Crippen LogP contribution in [0.3, 0.4) is 0 Å². The molecule has 98 valence electrons. The van der Waals surface area contributed by atoms with Crippen molar-refractivity contribution in [2.75, 3.05) is 13.2 Å². The maximum Gasteiger partial charge on any atom is 0.122 e. The van der Waals surface area contributed by atoms with Gasteiger partial charge in [0.1, 0.15) is 5.75 Å². The van der Waals surface area contributed by atoms with Crippen molar-refractivity contribution < 1.29 is 4.74 Å². The van der Waals surface area contributed by atoms with Crippen LogP contribution in [0.1, 0.15) is 16.8 Å². The Morgan fingerprint density at radius 1 is 1.21 bits per heavy atom. The van der Waals surface area contributed by atoms with Crippen LogP contribution in [0, 0.1) is 0 Å². The fraction of sp³-hybridized carbons (Fsp3) is 0.312. The van der Waals surface area contributed by atoms with E-state index in [0.717, 1.165) is 44.0 Å². The Labute approximate surface area is 113 Å². The van der Waals surface area contributed by atoms with Crippen LogP contribution in [0.2, 0.25) is 0 Å². The van der Waals surface area contributed by atoms with E-state index in [0.29, 0.717) is 0 Å². The van der Waals surface area contributed by atoms with Gasteiger partial charge in [-0.3, -0.25) is 4.98 Å². The van der Waals surface area contributed by atoms with Crippen LogP contribution < -0.4 is 10.1 Å². The first kappa shape index (κ1) is 12.2. The topological polar surface area (TPSA) is 34.1 Å². The summed E-state index contributed by atoms with van der Waals surface area (Å²) in [5.41, 5.74) is 3.81. The predicted molar refractivity (Wildman–Crippen MR) is 75.3 cm³/mol. The molecule has 3 nitrogen and oxygen atoms in total. The number of pyridine rings is 1. The molecule has 0 unspecified atom stereocenters. The van der Waals surface area contributed by atoms with Crippen molar-refractivity contribution in [3.05, 3.63) is 59.4 Å². The molecular formula is C16H18N2O. The zero-order chi connectivity index (χ0) is 12.9. The largest absolute Gasteiger partial charge is 0.493 e. The van der Waals surface area contributed by atoms with E-state index in [1.807, 2.05) is 24.4 Å². The molecule has 0 saturated heterocycles. The second-order valence-electron chi connectivity index (χ2n) is 4.79. The molecule has 0 aliphatic carbocycles. The quantitative estimate of drug-likeness (QED) is 0.832. The molecule has 3 heteroatoms. The van der Waals surface area contributed by atoms with Crippen molar-refractivity contribution in [3.8, 4) is 5.75 Å². The Kier molecular flexibility index (Phi) is 3.75. The van der Waals surface area contributed by atoms with Gasteiger partial charge in [0.25, 0.3) is 0 Å². The Bertz CT molecular complexity index is 540. The molecule has 19 heavy (non-hydrogen) atoms. The zero-order valence-corrected chi connectivity index (χ0v) is 10.9. The van der Waals surface area contributed by atoms with E-state index in [1.165, 1.54) is 11.1 Å². The van der Waals surface area contributed by atoms with Gasteiger partial charge in [0.05, 0.1) is 12.3 Å². The SMILES string of the molecule is c1ccc(CNCCc2ccc3c(c2)CCO3)nc1. The smallest absolute Gasteiger partial charge is 0.122 e. The van der Waals surface area contributed by atoms with Gasteiger partial charge in [-0.15, -0.1) is 0 Å².